The number of hydrogen-bond acceptors (Lipinski definition) is 7. The lowest BCUT2D eigenvalue weighted by Gasteiger charge is -2.35. The first-order chi connectivity index (χ1) is 23.5. The lowest BCUT2D eigenvalue weighted by molar-refractivity contribution is -0.153. The summed E-state index contributed by atoms with van der Waals surface area (Å²) in [7, 11) is 4.62. The molecule has 1 aromatic heterocycles. The number of guanidine groups is 1. The molecule has 0 spiro atoms. The van der Waals surface area contributed by atoms with Crippen LogP contribution in [0.25, 0.3) is 10.9 Å². The van der Waals surface area contributed by atoms with Gasteiger partial charge in [0.2, 0.25) is 17.7 Å². The molecule has 0 fully saturated rings. The quantitative estimate of drug-likeness (QED) is 0.0487. The first-order valence-corrected chi connectivity index (χ1v) is 16.6. The van der Waals surface area contributed by atoms with Gasteiger partial charge in [-0.15, -0.1) is 0 Å². The van der Waals surface area contributed by atoms with Gasteiger partial charge in [0.25, 0.3) is 0 Å². The summed E-state index contributed by atoms with van der Waals surface area (Å²) in [6, 6.07) is 13.2. The SMILES string of the molecule is CN[C@H](Cc1ccccc1)C(=O)N[C@@H](CCCNC(=N)N)C(=O)N(C)[C@@H](Cc1c[nH]c2ccccc12)C(=O)N(C)[C@@H](CCCCN)C(=O)O. The second-order valence-electron chi connectivity index (χ2n) is 12.2. The molecule has 0 bridgehead atoms. The van der Waals surface area contributed by atoms with Crippen molar-refractivity contribution in [3.05, 3.63) is 71.9 Å². The molecule has 1 heterocycles. The van der Waals surface area contributed by atoms with Crippen LogP contribution >= 0.6 is 0 Å². The zero-order valence-corrected chi connectivity index (χ0v) is 28.6. The normalized spacial score (nSPS) is 13.6. The maximum absolute atomic E-state index is 14.3. The van der Waals surface area contributed by atoms with Crippen LogP contribution in [0.15, 0.2) is 60.8 Å². The predicted octanol–water partition coefficient (Wildman–Crippen LogP) is 1.16. The number of amides is 3. The molecule has 49 heavy (non-hydrogen) atoms. The van der Waals surface area contributed by atoms with Crippen LogP contribution in [-0.2, 0) is 32.0 Å². The number of rotatable bonds is 20. The molecule has 14 heteroatoms. The molecule has 0 saturated carbocycles. The van der Waals surface area contributed by atoms with Crippen LogP contribution in [0, 0.1) is 5.41 Å². The van der Waals surface area contributed by atoms with Crippen molar-refractivity contribution in [3.63, 3.8) is 0 Å². The smallest absolute Gasteiger partial charge is 0.326 e. The second-order valence-corrected chi connectivity index (χ2v) is 12.2. The van der Waals surface area contributed by atoms with Crippen molar-refractivity contribution in [2.24, 2.45) is 11.5 Å². The fourth-order valence-electron chi connectivity index (χ4n) is 5.89. The Morgan fingerprint density at radius 3 is 2.20 bits per heavy atom. The van der Waals surface area contributed by atoms with E-state index in [1.807, 2.05) is 54.6 Å². The monoisotopic (exact) mass is 677 g/mol. The second kappa shape index (κ2) is 19.1. The van der Waals surface area contributed by atoms with E-state index in [0.717, 1.165) is 22.0 Å². The van der Waals surface area contributed by atoms with Gasteiger partial charge in [0, 0.05) is 44.2 Å². The van der Waals surface area contributed by atoms with Gasteiger partial charge in [-0.1, -0.05) is 48.5 Å². The number of benzene rings is 2. The fraction of sp³-hybridized carbons (Fsp3) is 0.457. The summed E-state index contributed by atoms with van der Waals surface area (Å²) in [5.74, 6) is -2.80. The van der Waals surface area contributed by atoms with Crippen molar-refractivity contribution >= 4 is 40.6 Å². The lowest BCUT2D eigenvalue weighted by atomic mass is 9.99. The van der Waals surface area contributed by atoms with Gasteiger partial charge >= 0.3 is 5.97 Å². The average molecular weight is 678 g/mol. The van der Waals surface area contributed by atoms with Crippen LogP contribution < -0.4 is 27.4 Å². The van der Waals surface area contributed by atoms with E-state index in [9.17, 15) is 24.3 Å². The largest absolute Gasteiger partial charge is 0.480 e. The fourth-order valence-corrected chi connectivity index (χ4v) is 5.89. The number of likely N-dealkylation sites (N-methyl/N-ethyl adjacent to an activating group) is 3. The number of nitrogens with two attached hydrogens (primary N) is 2. The number of carbonyl (C=O) groups excluding carboxylic acids is 3. The first-order valence-electron chi connectivity index (χ1n) is 16.6. The Balaban J connectivity index is 1.94. The third-order valence-corrected chi connectivity index (χ3v) is 8.77. The van der Waals surface area contributed by atoms with E-state index < -0.39 is 42.0 Å². The molecule has 2 aromatic carbocycles. The summed E-state index contributed by atoms with van der Waals surface area (Å²) in [5, 5.41) is 27.0. The van der Waals surface area contributed by atoms with Crippen molar-refractivity contribution in [1.29, 1.82) is 5.41 Å². The number of carbonyl (C=O) groups is 4. The van der Waals surface area contributed by atoms with Crippen molar-refractivity contribution in [2.75, 3.05) is 34.2 Å². The number of unbranched alkanes of at least 4 members (excludes halogenated alkanes) is 1. The molecule has 3 aromatic rings. The third kappa shape index (κ3) is 11.0. The number of hydrogen-bond donors (Lipinski definition) is 8. The molecule has 0 aliphatic heterocycles. The van der Waals surface area contributed by atoms with E-state index in [2.05, 4.69) is 20.9 Å². The number of fused-ring (bicyclic) bond motifs is 1. The van der Waals surface area contributed by atoms with Crippen LogP contribution in [0.4, 0.5) is 0 Å². The van der Waals surface area contributed by atoms with Crippen LogP contribution in [0.2, 0.25) is 0 Å². The molecule has 3 rings (SSSR count). The molecule has 266 valence electrons. The van der Waals surface area contributed by atoms with Gasteiger partial charge in [0.15, 0.2) is 5.96 Å². The van der Waals surface area contributed by atoms with Crippen molar-refractivity contribution in [3.8, 4) is 0 Å². The molecule has 10 N–H and O–H groups in total. The zero-order valence-electron chi connectivity index (χ0n) is 28.6. The Hall–Kier alpha value is -4.95. The molecule has 0 aliphatic rings. The van der Waals surface area contributed by atoms with Gasteiger partial charge < -0.3 is 47.3 Å². The van der Waals surface area contributed by atoms with Crippen LogP contribution in [0.3, 0.4) is 0 Å². The summed E-state index contributed by atoms with van der Waals surface area (Å²) >= 11 is 0. The summed E-state index contributed by atoms with van der Waals surface area (Å²) < 4.78 is 0. The molecule has 0 saturated heterocycles. The number of H-pyrrole nitrogens is 1. The van der Waals surface area contributed by atoms with E-state index in [1.165, 1.54) is 23.9 Å². The lowest BCUT2D eigenvalue weighted by Crippen LogP contribution is -2.58. The Morgan fingerprint density at radius 2 is 1.55 bits per heavy atom. The number of aromatic amines is 1. The van der Waals surface area contributed by atoms with E-state index in [-0.39, 0.29) is 31.1 Å². The number of para-hydroxylation sites is 1. The Morgan fingerprint density at radius 1 is 0.878 bits per heavy atom. The minimum absolute atomic E-state index is 0.101. The molecular weight excluding hydrogens is 626 g/mol. The summed E-state index contributed by atoms with van der Waals surface area (Å²) in [6.45, 7) is 0.695. The van der Waals surface area contributed by atoms with Crippen LogP contribution in [-0.4, -0.2) is 108 Å². The van der Waals surface area contributed by atoms with E-state index in [0.29, 0.717) is 38.8 Å². The highest BCUT2D eigenvalue weighted by molar-refractivity contribution is 5.95. The first kappa shape index (κ1) is 38.5. The third-order valence-electron chi connectivity index (χ3n) is 8.77. The Kier molecular flexibility index (Phi) is 15.0. The molecular formula is C35H51N9O5. The predicted molar refractivity (Wildman–Crippen MR) is 190 cm³/mol. The number of carboxylic acid groups (broad SMARTS) is 1. The average Bonchev–Trinajstić information content (AvgIpc) is 3.50. The Bertz CT molecular complexity index is 1550. The minimum Gasteiger partial charge on any atom is -0.480 e. The molecule has 0 radical (unpaired) electrons. The van der Waals surface area contributed by atoms with Gasteiger partial charge in [0.05, 0.1) is 6.04 Å². The van der Waals surface area contributed by atoms with Gasteiger partial charge in [0.1, 0.15) is 18.1 Å². The highest BCUT2D eigenvalue weighted by Crippen LogP contribution is 2.23. The topological polar surface area (TPSA) is 223 Å². The number of nitrogens with one attached hydrogen (secondary N) is 5. The van der Waals surface area contributed by atoms with Crippen molar-refractivity contribution in [1.82, 2.24) is 30.7 Å². The zero-order chi connectivity index (χ0) is 35.9. The summed E-state index contributed by atoms with van der Waals surface area (Å²) in [5.41, 5.74) is 13.6. The Labute approximate surface area is 287 Å². The van der Waals surface area contributed by atoms with Crippen molar-refractivity contribution in [2.45, 2.75) is 69.1 Å². The van der Waals surface area contributed by atoms with Crippen LogP contribution in [0.5, 0.6) is 0 Å². The van der Waals surface area contributed by atoms with Gasteiger partial charge in [-0.3, -0.25) is 19.8 Å². The van der Waals surface area contributed by atoms with E-state index in [1.54, 1.807) is 13.2 Å². The number of aliphatic carboxylic acids is 1. The molecule has 4 atom stereocenters. The highest BCUT2D eigenvalue weighted by Gasteiger charge is 2.37. The maximum atomic E-state index is 14.3. The highest BCUT2D eigenvalue weighted by atomic mass is 16.4. The molecule has 0 aliphatic carbocycles. The standard InChI is InChI=1S/C35H51N9O5/c1-39-28(20-23-12-5-4-6-13-23)31(45)42-27(16-11-19-40-35(37)38)32(46)44(3)30(21-24-22-41-26-15-8-7-14-25(24)26)33(47)43(2)29(34(48)49)17-9-10-18-36/h4-8,12-15,22,27-30,39,41H,9-11,16-21,36H2,1-3H3,(H,42,45)(H,48,49)(H4,37,38,40)/t27-,28+,29-,30-/m0/s1. The summed E-state index contributed by atoms with van der Waals surface area (Å²) in [4.78, 5) is 60.2. The van der Waals surface area contributed by atoms with Crippen molar-refractivity contribution < 1.29 is 24.3 Å². The molecule has 3 amide bonds. The number of nitrogens with zero attached hydrogens (tertiary/aromatic N) is 2. The maximum Gasteiger partial charge on any atom is 0.326 e. The van der Waals surface area contributed by atoms with Gasteiger partial charge in [-0.25, -0.2) is 4.79 Å². The van der Waals surface area contributed by atoms with Gasteiger partial charge in [-0.05, 0) is 69.3 Å². The van der Waals surface area contributed by atoms with Crippen LogP contribution in [0.1, 0.15) is 43.2 Å². The van der Waals surface area contributed by atoms with E-state index >= 15 is 0 Å². The van der Waals surface area contributed by atoms with Gasteiger partial charge in [-0.2, -0.15) is 0 Å². The minimum atomic E-state index is -1.15. The molecule has 0 unspecified atom stereocenters. The number of carboxylic acids is 1. The number of aromatic nitrogens is 1. The summed E-state index contributed by atoms with van der Waals surface area (Å²) in [6.07, 6.45) is 4.19. The van der Waals surface area contributed by atoms with E-state index in [4.69, 9.17) is 16.9 Å². The molecule has 14 nitrogen and oxygen atoms in total.